The summed E-state index contributed by atoms with van der Waals surface area (Å²) in [5.74, 6) is 0. The second-order valence-electron chi connectivity index (χ2n) is 3.92. The van der Waals surface area contributed by atoms with Crippen LogP contribution in [0.5, 0.6) is 0 Å². The van der Waals surface area contributed by atoms with Gasteiger partial charge in [-0.3, -0.25) is 4.72 Å². The summed E-state index contributed by atoms with van der Waals surface area (Å²) in [4.78, 5) is 0. The molecule has 0 spiro atoms. The fourth-order valence-corrected chi connectivity index (χ4v) is 3.26. The molecule has 0 atom stereocenters. The second-order valence-corrected chi connectivity index (χ2v) is 6.51. The quantitative estimate of drug-likeness (QED) is 0.895. The first-order chi connectivity index (χ1) is 9.03. The lowest BCUT2D eigenvalue weighted by Gasteiger charge is -2.26. The van der Waals surface area contributed by atoms with E-state index in [1.165, 1.54) is 4.31 Å². The van der Waals surface area contributed by atoms with Crippen LogP contribution in [-0.4, -0.2) is 39.0 Å². The summed E-state index contributed by atoms with van der Waals surface area (Å²) in [7, 11) is -3.64. The predicted molar refractivity (Wildman–Crippen MR) is 73.8 cm³/mol. The van der Waals surface area contributed by atoms with Crippen molar-refractivity contribution in [2.75, 3.05) is 31.0 Å². The molecule has 0 amide bonds. The molecule has 0 radical (unpaired) electrons. The van der Waals surface area contributed by atoms with Gasteiger partial charge in [-0.1, -0.05) is 15.9 Å². The molecular weight excluding hydrogens is 334 g/mol. The van der Waals surface area contributed by atoms with E-state index in [-0.39, 0.29) is 11.3 Å². The van der Waals surface area contributed by atoms with Gasteiger partial charge in [0, 0.05) is 17.6 Å². The van der Waals surface area contributed by atoms with Crippen molar-refractivity contribution in [3.63, 3.8) is 0 Å². The Morgan fingerprint density at radius 3 is 2.68 bits per heavy atom. The first kappa shape index (κ1) is 14.3. The number of anilines is 1. The molecule has 8 heteroatoms. The van der Waals surface area contributed by atoms with E-state index in [2.05, 4.69) is 20.7 Å². The lowest BCUT2D eigenvalue weighted by molar-refractivity contribution is 0.0733. The maximum Gasteiger partial charge on any atom is 0.301 e. The highest BCUT2D eigenvalue weighted by Gasteiger charge is 2.24. The van der Waals surface area contributed by atoms with Crippen LogP contribution >= 0.6 is 15.9 Å². The van der Waals surface area contributed by atoms with Crippen molar-refractivity contribution in [2.45, 2.75) is 0 Å². The molecular formula is C11H12BrN3O3S. The number of ether oxygens (including phenoxy) is 1. The van der Waals surface area contributed by atoms with Crippen molar-refractivity contribution in [3.8, 4) is 6.07 Å². The lowest BCUT2D eigenvalue weighted by Crippen LogP contribution is -2.43. The number of rotatable bonds is 3. The molecule has 1 aromatic rings. The van der Waals surface area contributed by atoms with Crippen LogP contribution in [0, 0.1) is 11.3 Å². The molecule has 1 saturated heterocycles. The Balaban J connectivity index is 2.23. The van der Waals surface area contributed by atoms with Crippen molar-refractivity contribution in [1.29, 1.82) is 5.26 Å². The van der Waals surface area contributed by atoms with Gasteiger partial charge in [0.15, 0.2) is 0 Å². The highest BCUT2D eigenvalue weighted by Crippen LogP contribution is 2.22. The zero-order chi connectivity index (χ0) is 13.9. The molecule has 1 heterocycles. The summed E-state index contributed by atoms with van der Waals surface area (Å²) in [6, 6.07) is 6.76. The topological polar surface area (TPSA) is 82.4 Å². The lowest BCUT2D eigenvalue weighted by atomic mass is 10.2. The maximum atomic E-state index is 12.1. The summed E-state index contributed by atoms with van der Waals surface area (Å²) < 4.78 is 33.9. The third-order valence-corrected chi connectivity index (χ3v) is 4.67. The normalized spacial score (nSPS) is 16.8. The van der Waals surface area contributed by atoms with E-state index < -0.39 is 10.2 Å². The Morgan fingerprint density at radius 1 is 1.37 bits per heavy atom. The number of benzene rings is 1. The molecule has 1 N–H and O–H groups in total. The molecule has 1 aliphatic rings. The second kappa shape index (κ2) is 5.88. The molecule has 2 rings (SSSR count). The Kier molecular flexibility index (Phi) is 4.42. The molecule has 1 fully saturated rings. The third kappa shape index (κ3) is 3.45. The van der Waals surface area contributed by atoms with Crippen molar-refractivity contribution < 1.29 is 13.2 Å². The van der Waals surface area contributed by atoms with E-state index in [0.717, 1.165) is 4.47 Å². The molecule has 102 valence electrons. The molecule has 0 aromatic heterocycles. The highest BCUT2D eigenvalue weighted by atomic mass is 79.9. The van der Waals surface area contributed by atoms with Gasteiger partial charge in [0.05, 0.1) is 24.5 Å². The Hall–Kier alpha value is -1.14. The van der Waals surface area contributed by atoms with Gasteiger partial charge in [0.1, 0.15) is 6.07 Å². The van der Waals surface area contributed by atoms with Crippen LogP contribution in [-0.2, 0) is 14.9 Å². The predicted octanol–water partition coefficient (Wildman–Crippen LogP) is 1.31. The largest absolute Gasteiger partial charge is 0.379 e. The van der Waals surface area contributed by atoms with E-state index in [4.69, 9.17) is 10.00 Å². The van der Waals surface area contributed by atoms with Crippen LogP contribution in [0.3, 0.4) is 0 Å². The van der Waals surface area contributed by atoms with Gasteiger partial charge in [-0.15, -0.1) is 0 Å². The van der Waals surface area contributed by atoms with Crippen molar-refractivity contribution in [3.05, 3.63) is 28.2 Å². The van der Waals surface area contributed by atoms with Crippen LogP contribution in [0.1, 0.15) is 5.56 Å². The van der Waals surface area contributed by atoms with Gasteiger partial charge in [0.2, 0.25) is 0 Å². The van der Waals surface area contributed by atoms with E-state index in [1.807, 2.05) is 6.07 Å². The Bertz CT molecular complexity index is 606. The van der Waals surface area contributed by atoms with E-state index in [0.29, 0.717) is 26.3 Å². The van der Waals surface area contributed by atoms with Crippen molar-refractivity contribution in [2.24, 2.45) is 0 Å². The van der Waals surface area contributed by atoms with Crippen LogP contribution in [0.25, 0.3) is 0 Å². The molecule has 0 saturated carbocycles. The van der Waals surface area contributed by atoms with Crippen LogP contribution in [0.4, 0.5) is 5.69 Å². The zero-order valence-electron chi connectivity index (χ0n) is 9.97. The molecule has 0 bridgehead atoms. The van der Waals surface area contributed by atoms with Crippen LogP contribution in [0.2, 0.25) is 0 Å². The number of nitrogens with one attached hydrogen (secondary N) is 1. The standard InChI is InChI=1S/C11H12BrN3O3S/c12-10-1-2-11(9(7-10)8-13)14-19(16,17)15-3-5-18-6-4-15/h1-2,7,14H,3-6H2. The van der Waals surface area contributed by atoms with Gasteiger partial charge in [-0.25, -0.2) is 0 Å². The fourth-order valence-electron chi connectivity index (χ4n) is 1.69. The fraction of sp³-hybridized carbons (Fsp3) is 0.364. The highest BCUT2D eigenvalue weighted by molar-refractivity contribution is 9.10. The molecule has 1 aromatic carbocycles. The summed E-state index contributed by atoms with van der Waals surface area (Å²) in [6.45, 7) is 1.39. The number of halogens is 1. The number of hydrogen-bond donors (Lipinski definition) is 1. The van der Waals surface area contributed by atoms with E-state index in [1.54, 1.807) is 18.2 Å². The zero-order valence-corrected chi connectivity index (χ0v) is 12.4. The smallest absolute Gasteiger partial charge is 0.301 e. The minimum absolute atomic E-state index is 0.270. The Labute approximate surface area is 120 Å². The SMILES string of the molecule is N#Cc1cc(Br)ccc1NS(=O)(=O)N1CCOCC1. The van der Waals surface area contributed by atoms with Crippen molar-refractivity contribution in [1.82, 2.24) is 4.31 Å². The van der Waals surface area contributed by atoms with E-state index in [9.17, 15) is 8.42 Å². The summed E-state index contributed by atoms with van der Waals surface area (Å²) in [5, 5.41) is 9.01. The van der Waals surface area contributed by atoms with Gasteiger partial charge in [0.25, 0.3) is 0 Å². The minimum atomic E-state index is -3.64. The monoisotopic (exact) mass is 345 g/mol. The Morgan fingerprint density at radius 2 is 2.05 bits per heavy atom. The maximum absolute atomic E-state index is 12.1. The molecule has 19 heavy (non-hydrogen) atoms. The first-order valence-electron chi connectivity index (χ1n) is 5.58. The van der Waals surface area contributed by atoms with Crippen molar-refractivity contribution >= 4 is 31.8 Å². The van der Waals surface area contributed by atoms with Gasteiger partial charge in [-0.05, 0) is 18.2 Å². The molecule has 0 aliphatic carbocycles. The minimum Gasteiger partial charge on any atom is -0.379 e. The average molecular weight is 346 g/mol. The van der Waals surface area contributed by atoms with Crippen LogP contribution < -0.4 is 4.72 Å². The third-order valence-electron chi connectivity index (χ3n) is 2.65. The number of nitrogens with zero attached hydrogens (tertiary/aromatic N) is 2. The van der Waals surface area contributed by atoms with Gasteiger partial charge >= 0.3 is 10.2 Å². The number of nitriles is 1. The van der Waals surface area contributed by atoms with E-state index >= 15 is 0 Å². The number of morpholine rings is 1. The molecule has 6 nitrogen and oxygen atoms in total. The summed E-state index contributed by atoms with van der Waals surface area (Å²) in [6.07, 6.45) is 0. The average Bonchev–Trinajstić information content (AvgIpc) is 2.41. The summed E-state index contributed by atoms with van der Waals surface area (Å²) >= 11 is 3.24. The van der Waals surface area contributed by atoms with Gasteiger partial charge < -0.3 is 4.74 Å². The van der Waals surface area contributed by atoms with Gasteiger partial charge in [-0.2, -0.15) is 18.0 Å². The first-order valence-corrected chi connectivity index (χ1v) is 7.81. The summed E-state index contributed by atoms with van der Waals surface area (Å²) in [5.41, 5.74) is 0.545. The molecule has 1 aliphatic heterocycles. The molecule has 0 unspecified atom stereocenters. The van der Waals surface area contributed by atoms with Crippen LogP contribution in [0.15, 0.2) is 22.7 Å². The number of hydrogen-bond acceptors (Lipinski definition) is 4.